The minimum atomic E-state index is -0.714. The molecule has 0 saturated carbocycles. The zero-order chi connectivity index (χ0) is 12.3. The summed E-state index contributed by atoms with van der Waals surface area (Å²) in [5.41, 5.74) is -0.436. The van der Waals surface area contributed by atoms with Crippen LogP contribution in [0.25, 0.3) is 0 Å². The minimum Gasteiger partial charge on any atom is -0.481 e. The second kappa shape index (κ2) is 4.97. The highest BCUT2D eigenvalue weighted by atomic mass is 16.5. The Bertz CT molecular complexity index is 213. The van der Waals surface area contributed by atoms with Crippen LogP contribution in [0, 0.1) is 11.3 Å². The fourth-order valence-electron chi connectivity index (χ4n) is 1.52. The molecule has 0 aromatic rings. The number of carboxylic acids is 1. The summed E-state index contributed by atoms with van der Waals surface area (Å²) in [5.74, 6) is -1.03. The number of carbonyl (C=O) groups is 1. The first-order valence-corrected chi connectivity index (χ1v) is 5.38. The third-order valence-corrected chi connectivity index (χ3v) is 2.93. The van der Waals surface area contributed by atoms with Crippen LogP contribution in [0.1, 0.15) is 47.5 Å². The van der Waals surface area contributed by atoms with Gasteiger partial charge in [-0.1, -0.05) is 20.8 Å². The van der Waals surface area contributed by atoms with Crippen molar-refractivity contribution in [2.75, 3.05) is 7.11 Å². The van der Waals surface area contributed by atoms with Crippen LogP contribution in [0.5, 0.6) is 0 Å². The van der Waals surface area contributed by atoms with Gasteiger partial charge in [-0.2, -0.15) is 0 Å². The molecule has 0 heterocycles. The van der Waals surface area contributed by atoms with Crippen molar-refractivity contribution in [3.8, 4) is 0 Å². The molecule has 0 saturated heterocycles. The Labute approximate surface area is 92.8 Å². The van der Waals surface area contributed by atoms with Crippen LogP contribution in [-0.4, -0.2) is 23.8 Å². The van der Waals surface area contributed by atoms with E-state index in [1.807, 2.05) is 34.6 Å². The lowest BCUT2D eigenvalue weighted by Crippen LogP contribution is -2.32. The molecule has 0 amide bonds. The number of rotatable bonds is 5. The van der Waals surface area contributed by atoms with Crippen LogP contribution in [0.3, 0.4) is 0 Å². The number of carboxylic acid groups (broad SMARTS) is 1. The molecule has 0 aliphatic carbocycles. The first kappa shape index (κ1) is 14.4. The van der Waals surface area contributed by atoms with Gasteiger partial charge in [0, 0.05) is 7.11 Å². The molecule has 3 heteroatoms. The average Bonchev–Trinajstić information content (AvgIpc) is 2.01. The molecule has 0 spiro atoms. The number of aliphatic carboxylic acids is 1. The lowest BCUT2D eigenvalue weighted by molar-refractivity contribution is -0.146. The summed E-state index contributed by atoms with van der Waals surface area (Å²) in [6.07, 6.45) is 1.41. The molecule has 1 atom stereocenters. The van der Waals surface area contributed by atoms with Crippen molar-refractivity contribution in [1.82, 2.24) is 0 Å². The molecule has 0 fully saturated rings. The number of ether oxygens (including phenoxy) is 1. The van der Waals surface area contributed by atoms with Crippen LogP contribution >= 0.6 is 0 Å². The van der Waals surface area contributed by atoms with Gasteiger partial charge in [0.15, 0.2) is 0 Å². The highest BCUT2D eigenvalue weighted by Gasteiger charge is 2.32. The van der Waals surface area contributed by atoms with Gasteiger partial charge in [0.25, 0.3) is 0 Å². The van der Waals surface area contributed by atoms with E-state index < -0.39 is 5.97 Å². The average molecular weight is 216 g/mol. The molecule has 90 valence electrons. The Morgan fingerprint density at radius 2 is 1.73 bits per heavy atom. The van der Waals surface area contributed by atoms with E-state index in [1.54, 1.807) is 7.11 Å². The van der Waals surface area contributed by atoms with Crippen molar-refractivity contribution in [1.29, 1.82) is 0 Å². The fraction of sp³-hybridized carbons (Fsp3) is 0.917. The molecule has 0 bridgehead atoms. The van der Waals surface area contributed by atoms with E-state index in [9.17, 15) is 4.79 Å². The molecule has 0 aromatic heterocycles. The highest BCUT2D eigenvalue weighted by molar-refractivity contribution is 5.70. The van der Waals surface area contributed by atoms with Crippen LogP contribution < -0.4 is 0 Å². The Balaban J connectivity index is 4.40. The summed E-state index contributed by atoms with van der Waals surface area (Å²) in [7, 11) is 1.66. The number of hydrogen-bond donors (Lipinski definition) is 1. The van der Waals surface area contributed by atoms with Gasteiger partial charge in [-0.05, 0) is 32.1 Å². The molecule has 0 aliphatic rings. The lowest BCUT2D eigenvalue weighted by Gasteiger charge is -2.30. The molecule has 0 aliphatic heterocycles. The quantitative estimate of drug-likeness (QED) is 0.768. The molecule has 15 heavy (non-hydrogen) atoms. The molecule has 0 rings (SSSR count). The Kier molecular flexibility index (Phi) is 4.78. The predicted molar refractivity (Wildman–Crippen MR) is 60.9 cm³/mol. The van der Waals surface area contributed by atoms with Gasteiger partial charge in [-0.15, -0.1) is 0 Å². The van der Waals surface area contributed by atoms with Crippen LogP contribution in [0.4, 0.5) is 0 Å². The van der Waals surface area contributed by atoms with Gasteiger partial charge >= 0.3 is 5.97 Å². The van der Waals surface area contributed by atoms with Crippen LogP contribution in [0.15, 0.2) is 0 Å². The maximum absolute atomic E-state index is 11.1. The van der Waals surface area contributed by atoms with Gasteiger partial charge in [0.05, 0.1) is 11.5 Å². The molecule has 0 radical (unpaired) electrons. The topological polar surface area (TPSA) is 46.5 Å². The summed E-state index contributed by atoms with van der Waals surface area (Å²) in [5, 5.41) is 9.14. The van der Waals surface area contributed by atoms with Gasteiger partial charge < -0.3 is 9.84 Å². The molecule has 3 nitrogen and oxygen atoms in total. The number of methoxy groups -OCH3 is 1. The second-order valence-corrected chi connectivity index (χ2v) is 5.76. The van der Waals surface area contributed by atoms with Crippen molar-refractivity contribution >= 4 is 5.97 Å². The first-order valence-electron chi connectivity index (χ1n) is 5.38. The molecule has 0 aromatic carbocycles. The van der Waals surface area contributed by atoms with Gasteiger partial charge in [0.1, 0.15) is 0 Å². The zero-order valence-electron chi connectivity index (χ0n) is 10.8. The standard InChI is InChI=1S/C12H24O3/c1-11(2,3)9(10(13)14)7-8-12(4,5)15-6/h9H,7-8H2,1-6H3,(H,13,14). The third-order valence-electron chi connectivity index (χ3n) is 2.93. The maximum atomic E-state index is 11.1. The van der Waals surface area contributed by atoms with E-state index in [0.717, 1.165) is 6.42 Å². The summed E-state index contributed by atoms with van der Waals surface area (Å²) >= 11 is 0. The lowest BCUT2D eigenvalue weighted by atomic mass is 9.77. The smallest absolute Gasteiger partial charge is 0.307 e. The predicted octanol–water partition coefficient (Wildman–Crippen LogP) is 2.94. The Morgan fingerprint density at radius 1 is 1.27 bits per heavy atom. The van der Waals surface area contributed by atoms with Crippen molar-refractivity contribution in [3.05, 3.63) is 0 Å². The summed E-state index contributed by atoms with van der Waals surface area (Å²) in [6.45, 7) is 9.85. The highest BCUT2D eigenvalue weighted by Crippen LogP contribution is 2.32. The Morgan fingerprint density at radius 3 is 2.00 bits per heavy atom. The fourth-order valence-corrected chi connectivity index (χ4v) is 1.52. The normalized spacial score (nSPS) is 15.1. The monoisotopic (exact) mass is 216 g/mol. The van der Waals surface area contributed by atoms with Gasteiger partial charge in [0.2, 0.25) is 0 Å². The van der Waals surface area contributed by atoms with Gasteiger partial charge in [-0.25, -0.2) is 0 Å². The van der Waals surface area contributed by atoms with E-state index in [1.165, 1.54) is 0 Å². The summed E-state index contributed by atoms with van der Waals surface area (Å²) in [4.78, 5) is 11.1. The minimum absolute atomic E-state index is 0.199. The van der Waals surface area contributed by atoms with E-state index in [2.05, 4.69) is 0 Å². The SMILES string of the molecule is COC(C)(C)CCC(C(=O)O)C(C)(C)C. The van der Waals surface area contributed by atoms with Gasteiger partial charge in [-0.3, -0.25) is 4.79 Å². The molecular formula is C12H24O3. The van der Waals surface area contributed by atoms with E-state index in [0.29, 0.717) is 6.42 Å². The maximum Gasteiger partial charge on any atom is 0.307 e. The Hall–Kier alpha value is -0.570. The summed E-state index contributed by atoms with van der Waals surface area (Å²) in [6, 6.07) is 0. The first-order chi connectivity index (χ1) is 6.60. The van der Waals surface area contributed by atoms with E-state index >= 15 is 0 Å². The summed E-state index contributed by atoms with van der Waals surface area (Å²) < 4.78 is 5.29. The molecule has 1 unspecified atom stereocenters. The third kappa shape index (κ3) is 5.17. The molecule has 1 N–H and O–H groups in total. The second-order valence-electron chi connectivity index (χ2n) is 5.76. The van der Waals surface area contributed by atoms with Crippen molar-refractivity contribution < 1.29 is 14.6 Å². The van der Waals surface area contributed by atoms with Crippen molar-refractivity contribution in [2.45, 2.75) is 53.1 Å². The molecular weight excluding hydrogens is 192 g/mol. The zero-order valence-corrected chi connectivity index (χ0v) is 10.8. The van der Waals surface area contributed by atoms with E-state index in [-0.39, 0.29) is 16.9 Å². The van der Waals surface area contributed by atoms with Crippen LogP contribution in [0.2, 0.25) is 0 Å². The van der Waals surface area contributed by atoms with Crippen LogP contribution in [-0.2, 0) is 9.53 Å². The van der Waals surface area contributed by atoms with E-state index in [4.69, 9.17) is 9.84 Å². The number of hydrogen-bond acceptors (Lipinski definition) is 2. The largest absolute Gasteiger partial charge is 0.481 e. The van der Waals surface area contributed by atoms with Crippen molar-refractivity contribution in [2.24, 2.45) is 11.3 Å². The van der Waals surface area contributed by atoms with Crippen molar-refractivity contribution in [3.63, 3.8) is 0 Å².